The average molecular weight is 263 g/mol. The molecule has 2 saturated heterocycles. The largest absolute Gasteiger partial charge is 0.369 e. The van der Waals surface area contributed by atoms with Crippen molar-refractivity contribution in [2.45, 2.75) is 18.9 Å². The lowest BCUT2D eigenvalue weighted by Gasteiger charge is -2.41. The number of hydrogen-bond donors (Lipinski definition) is 1. The van der Waals surface area contributed by atoms with Crippen molar-refractivity contribution in [3.63, 3.8) is 0 Å². The van der Waals surface area contributed by atoms with Crippen LogP contribution in [-0.4, -0.2) is 50.2 Å². The van der Waals surface area contributed by atoms with E-state index in [9.17, 15) is 4.39 Å². The highest BCUT2D eigenvalue weighted by Gasteiger charge is 2.25. The fraction of sp³-hybridized carbons (Fsp3) is 0.600. The lowest BCUT2D eigenvalue weighted by atomic mass is 10.0. The quantitative estimate of drug-likeness (QED) is 0.876. The Morgan fingerprint density at radius 2 is 2.00 bits per heavy atom. The Morgan fingerprint density at radius 3 is 2.68 bits per heavy atom. The minimum atomic E-state index is -0.142. The summed E-state index contributed by atoms with van der Waals surface area (Å²) in [7, 11) is 0. The maximum absolute atomic E-state index is 13.2. The van der Waals surface area contributed by atoms with Gasteiger partial charge in [-0.3, -0.25) is 4.90 Å². The predicted octanol–water partition coefficient (Wildman–Crippen LogP) is 1.70. The number of nitrogens with one attached hydrogen (secondary N) is 1. The molecule has 1 aromatic rings. The van der Waals surface area contributed by atoms with Crippen LogP contribution in [-0.2, 0) is 0 Å². The normalized spacial score (nSPS) is 25.5. The average Bonchev–Trinajstić information content (AvgIpc) is 2.48. The molecule has 0 aromatic heterocycles. The first kappa shape index (κ1) is 12.9. The van der Waals surface area contributed by atoms with Gasteiger partial charge in [-0.15, -0.1) is 0 Å². The summed E-state index contributed by atoms with van der Waals surface area (Å²) < 4.78 is 13.2. The number of halogens is 1. The first-order valence-corrected chi connectivity index (χ1v) is 7.28. The van der Waals surface area contributed by atoms with Crippen molar-refractivity contribution in [3.8, 4) is 0 Å². The molecule has 1 N–H and O–H groups in total. The summed E-state index contributed by atoms with van der Waals surface area (Å²) in [4.78, 5) is 4.87. The monoisotopic (exact) mass is 263 g/mol. The van der Waals surface area contributed by atoms with Crippen LogP contribution in [0.3, 0.4) is 0 Å². The molecule has 2 aliphatic heterocycles. The molecule has 3 nitrogen and oxygen atoms in total. The van der Waals surface area contributed by atoms with Gasteiger partial charge in [0.1, 0.15) is 5.82 Å². The maximum atomic E-state index is 13.2. The fourth-order valence-electron chi connectivity index (χ4n) is 3.16. The van der Waals surface area contributed by atoms with Gasteiger partial charge in [0.05, 0.1) is 0 Å². The molecule has 0 bridgehead atoms. The molecule has 1 aromatic carbocycles. The molecule has 2 heterocycles. The van der Waals surface area contributed by atoms with Crippen LogP contribution in [0.5, 0.6) is 0 Å². The molecule has 104 valence electrons. The second-order valence-electron chi connectivity index (χ2n) is 5.50. The Bertz CT molecular complexity index is 410. The summed E-state index contributed by atoms with van der Waals surface area (Å²) in [6.07, 6.45) is 2.60. The molecule has 2 aliphatic rings. The van der Waals surface area contributed by atoms with Crippen LogP contribution >= 0.6 is 0 Å². The SMILES string of the molecule is Fc1cccc(N2CCN(C3CCCNC3)CC2)c1. The van der Waals surface area contributed by atoms with E-state index in [1.54, 1.807) is 12.1 Å². The Balaban J connectivity index is 1.57. The first-order chi connectivity index (χ1) is 9.33. The molecule has 0 saturated carbocycles. The van der Waals surface area contributed by atoms with E-state index in [4.69, 9.17) is 0 Å². The molecule has 2 fully saturated rings. The van der Waals surface area contributed by atoms with Gasteiger partial charge in [-0.1, -0.05) is 6.07 Å². The van der Waals surface area contributed by atoms with Crippen molar-refractivity contribution in [2.75, 3.05) is 44.2 Å². The minimum absolute atomic E-state index is 0.142. The van der Waals surface area contributed by atoms with Gasteiger partial charge >= 0.3 is 0 Å². The number of hydrogen-bond acceptors (Lipinski definition) is 3. The van der Waals surface area contributed by atoms with Crippen LogP contribution in [0.1, 0.15) is 12.8 Å². The number of piperidine rings is 1. The summed E-state index contributed by atoms with van der Waals surface area (Å²) in [5, 5.41) is 3.48. The van der Waals surface area contributed by atoms with E-state index in [0.717, 1.165) is 38.4 Å². The van der Waals surface area contributed by atoms with Crippen molar-refractivity contribution in [1.82, 2.24) is 10.2 Å². The van der Waals surface area contributed by atoms with Gasteiger partial charge in [0, 0.05) is 44.5 Å². The molecular formula is C15H22FN3. The minimum Gasteiger partial charge on any atom is -0.369 e. The van der Waals surface area contributed by atoms with Crippen LogP contribution < -0.4 is 10.2 Å². The fourth-order valence-corrected chi connectivity index (χ4v) is 3.16. The van der Waals surface area contributed by atoms with E-state index in [-0.39, 0.29) is 5.82 Å². The van der Waals surface area contributed by atoms with Crippen molar-refractivity contribution in [3.05, 3.63) is 30.1 Å². The van der Waals surface area contributed by atoms with E-state index < -0.39 is 0 Å². The predicted molar refractivity (Wildman–Crippen MR) is 76.1 cm³/mol. The van der Waals surface area contributed by atoms with Gasteiger partial charge in [-0.25, -0.2) is 4.39 Å². The number of piperazine rings is 1. The molecule has 3 rings (SSSR count). The zero-order chi connectivity index (χ0) is 13.1. The van der Waals surface area contributed by atoms with Crippen LogP contribution in [0.2, 0.25) is 0 Å². The molecule has 19 heavy (non-hydrogen) atoms. The molecule has 0 amide bonds. The van der Waals surface area contributed by atoms with E-state index in [0.29, 0.717) is 6.04 Å². The number of benzene rings is 1. The van der Waals surface area contributed by atoms with Gasteiger partial charge in [0.15, 0.2) is 0 Å². The third-order valence-electron chi connectivity index (χ3n) is 4.27. The van der Waals surface area contributed by atoms with Crippen molar-refractivity contribution in [1.29, 1.82) is 0 Å². The Labute approximate surface area is 114 Å². The smallest absolute Gasteiger partial charge is 0.125 e. The van der Waals surface area contributed by atoms with Gasteiger partial charge in [-0.05, 0) is 37.6 Å². The van der Waals surface area contributed by atoms with Crippen molar-refractivity contribution in [2.24, 2.45) is 0 Å². The van der Waals surface area contributed by atoms with Gasteiger partial charge in [0.2, 0.25) is 0 Å². The lowest BCUT2D eigenvalue weighted by molar-refractivity contribution is 0.157. The standard InChI is InChI=1S/C15H22FN3/c16-13-3-1-4-14(11-13)18-7-9-19(10-8-18)15-5-2-6-17-12-15/h1,3-4,11,15,17H,2,5-10,12H2. The zero-order valence-corrected chi connectivity index (χ0v) is 11.3. The number of rotatable bonds is 2. The second-order valence-corrected chi connectivity index (χ2v) is 5.50. The highest BCUT2D eigenvalue weighted by molar-refractivity contribution is 5.46. The Hall–Kier alpha value is -1.13. The maximum Gasteiger partial charge on any atom is 0.125 e. The number of anilines is 1. The third-order valence-corrected chi connectivity index (χ3v) is 4.27. The molecule has 0 spiro atoms. The Morgan fingerprint density at radius 1 is 1.16 bits per heavy atom. The summed E-state index contributed by atoms with van der Waals surface area (Å²) >= 11 is 0. The molecular weight excluding hydrogens is 241 g/mol. The molecule has 0 radical (unpaired) electrons. The topological polar surface area (TPSA) is 18.5 Å². The van der Waals surface area contributed by atoms with E-state index in [2.05, 4.69) is 15.1 Å². The summed E-state index contributed by atoms with van der Waals surface area (Å²) in [6, 6.07) is 7.64. The second kappa shape index (κ2) is 5.88. The molecule has 0 aliphatic carbocycles. The van der Waals surface area contributed by atoms with Crippen molar-refractivity contribution < 1.29 is 4.39 Å². The van der Waals surface area contributed by atoms with E-state index >= 15 is 0 Å². The molecule has 1 atom stereocenters. The highest BCUT2D eigenvalue weighted by atomic mass is 19.1. The summed E-state index contributed by atoms with van der Waals surface area (Å²) in [5.41, 5.74) is 1.02. The first-order valence-electron chi connectivity index (χ1n) is 7.28. The van der Waals surface area contributed by atoms with Gasteiger partial charge < -0.3 is 10.2 Å². The van der Waals surface area contributed by atoms with Crippen molar-refractivity contribution >= 4 is 5.69 Å². The zero-order valence-electron chi connectivity index (χ0n) is 11.3. The highest BCUT2D eigenvalue weighted by Crippen LogP contribution is 2.19. The van der Waals surface area contributed by atoms with Gasteiger partial charge in [0.25, 0.3) is 0 Å². The van der Waals surface area contributed by atoms with Crippen LogP contribution in [0, 0.1) is 5.82 Å². The molecule has 1 unspecified atom stereocenters. The number of nitrogens with zero attached hydrogens (tertiary/aromatic N) is 2. The van der Waals surface area contributed by atoms with E-state index in [1.165, 1.54) is 25.5 Å². The third kappa shape index (κ3) is 3.07. The lowest BCUT2D eigenvalue weighted by Crippen LogP contribution is -2.54. The summed E-state index contributed by atoms with van der Waals surface area (Å²) in [5.74, 6) is -0.142. The van der Waals surface area contributed by atoms with Crippen LogP contribution in [0.25, 0.3) is 0 Å². The Kier molecular flexibility index (Phi) is 3.99. The molecule has 4 heteroatoms. The van der Waals surface area contributed by atoms with Gasteiger partial charge in [-0.2, -0.15) is 0 Å². The van der Waals surface area contributed by atoms with Crippen LogP contribution in [0.4, 0.5) is 10.1 Å². The van der Waals surface area contributed by atoms with Crippen LogP contribution in [0.15, 0.2) is 24.3 Å². The summed E-state index contributed by atoms with van der Waals surface area (Å²) in [6.45, 7) is 6.46. The van der Waals surface area contributed by atoms with E-state index in [1.807, 2.05) is 6.07 Å².